The van der Waals surface area contributed by atoms with Crippen LogP contribution in [0, 0.1) is 25.2 Å². The number of aromatic nitrogens is 2. The molecule has 0 saturated carbocycles. The van der Waals surface area contributed by atoms with Gasteiger partial charge >= 0.3 is 0 Å². The van der Waals surface area contributed by atoms with Crippen LogP contribution in [0.15, 0.2) is 16.9 Å². The monoisotopic (exact) mass is 549 g/mol. The Kier molecular flexibility index (Phi) is 9.40. The average molecular weight is 550 g/mol. The van der Waals surface area contributed by atoms with Crippen LogP contribution in [0.3, 0.4) is 0 Å². The third-order valence-corrected chi connectivity index (χ3v) is 8.11. The van der Waals surface area contributed by atoms with Crippen molar-refractivity contribution in [2.45, 2.75) is 71.9 Å². The Labute approximate surface area is 236 Å². The number of carbonyl (C=O) groups is 2. The van der Waals surface area contributed by atoms with Crippen LogP contribution in [-0.2, 0) is 11.3 Å². The summed E-state index contributed by atoms with van der Waals surface area (Å²) in [5, 5.41) is 14.3. The Hall–Kier alpha value is -3.53. The van der Waals surface area contributed by atoms with E-state index in [0.717, 1.165) is 61.9 Å². The molecule has 0 aromatic carbocycles. The molecule has 40 heavy (non-hydrogen) atoms. The maximum Gasteiger partial charge on any atom is 0.253 e. The molecule has 10 heteroatoms. The fourth-order valence-electron chi connectivity index (χ4n) is 5.78. The van der Waals surface area contributed by atoms with Gasteiger partial charge in [-0.1, -0.05) is 0 Å². The first-order chi connectivity index (χ1) is 19.1. The van der Waals surface area contributed by atoms with Gasteiger partial charge in [-0.05, 0) is 91.2 Å². The number of piperidine rings is 2. The average Bonchev–Trinajstić information content (AvgIpc) is 2.91. The Balaban J connectivity index is 1.53. The predicted molar refractivity (Wildman–Crippen MR) is 157 cm³/mol. The molecule has 4 rings (SSSR count). The number of nitrogens with zero attached hydrogens (tertiary/aromatic N) is 3. The van der Waals surface area contributed by atoms with Gasteiger partial charge in [-0.2, -0.15) is 0 Å². The van der Waals surface area contributed by atoms with Gasteiger partial charge in [0.15, 0.2) is 0 Å². The normalized spacial score (nSPS) is 17.2. The van der Waals surface area contributed by atoms with Gasteiger partial charge in [0, 0.05) is 66.2 Å². The number of hydrogen-bond acceptors (Lipinski definition) is 7. The minimum Gasteiger partial charge on any atom is -0.367 e. The summed E-state index contributed by atoms with van der Waals surface area (Å²) >= 11 is 0. The zero-order valence-electron chi connectivity index (χ0n) is 24.4. The van der Waals surface area contributed by atoms with Gasteiger partial charge in [0.2, 0.25) is 5.91 Å². The highest BCUT2D eigenvalue weighted by Gasteiger charge is 2.31. The molecule has 2 aliphatic heterocycles. The molecule has 0 aliphatic carbocycles. The van der Waals surface area contributed by atoms with Crippen LogP contribution in [0.5, 0.6) is 0 Å². The van der Waals surface area contributed by atoms with E-state index in [2.05, 4.69) is 27.6 Å². The van der Waals surface area contributed by atoms with Crippen LogP contribution < -0.4 is 16.2 Å². The second kappa shape index (κ2) is 12.8. The zero-order valence-corrected chi connectivity index (χ0v) is 24.4. The van der Waals surface area contributed by atoms with Gasteiger partial charge in [0.1, 0.15) is 5.82 Å². The SMILES string of the molecule is Cc1cc(C)c(CNC(=O)c2cc(C3CCN(C(=O)C4CCN(C)CC4)CC3)nc(NC(C)C)c2C=N)c(=O)[nH]1. The van der Waals surface area contributed by atoms with Crippen molar-refractivity contribution in [2.75, 3.05) is 38.5 Å². The first-order valence-electron chi connectivity index (χ1n) is 14.3. The molecule has 0 radical (unpaired) electrons. The molecule has 216 valence electrons. The Morgan fingerprint density at radius 1 is 1.12 bits per heavy atom. The number of rotatable bonds is 8. The van der Waals surface area contributed by atoms with Gasteiger partial charge < -0.3 is 30.8 Å². The number of carbonyl (C=O) groups excluding carboxylic acids is 2. The third-order valence-electron chi connectivity index (χ3n) is 8.11. The van der Waals surface area contributed by atoms with E-state index in [1.165, 1.54) is 0 Å². The summed E-state index contributed by atoms with van der Waals surface area (Å²) < 4.78 is 0. The summed E-state index contributed by atoms with van der Waals surface area (Å²) in [4.78, 5) is 51.0. The second-order valence-corrected chi connectivity index (χ2v) is 11.6. The van der Waals surface area contributed by atoms with Crippen molar-refractivity contribution in [3.05, 3.63) is 56.1 Å². The summed E-state index contributed by atoms with van der Waals surface area (Å²) in [6, 6.07) is 3.72. The van der Waals surface area contributed by atoms with Crippen LogP contribution in [0.4, 0.5) is 5.82 Å². The number of amides is 2. The molecule has 2 amide bonds. The Morgan fingerprint density at radius 2 is 1.80 bits per heavy atom. The molecule has 2 aromatic heterocycles. The quantitative estimate of drug-likeness (QED) is 0.374. The lowest BCUT2D eigenvalue weighted by molar-refractivity contribution is -0.138. The highest BCUT2D eigenvalue weighted by atomic mass is 16.2. The van der Waals surface area contributed by atoms with E-state index in [-0.39, 0.29) is 41.8 Å². The van der Waals surface area contributed by atoms with Crippen molar-refractivity contribution >= 4 is 23.8 Å². The Morgan fingerprint density at radius 3 is 2.40 bits per heavy atom. The fraction of sp³-hybridized carbons (Fsp3) is 0.567. The van der Waals surface area contributed by atoms with Crippen molar-refractivity contribution in [1.29, 1.82) is 5.41 Å². The van der Waals surface area contributed by atoms with E-state index in [9.17, 15) is 14.4 Å². The number of anilines is 1. The molecular formula is C30H43N7O3. The number of H-pyrrole nitrogens is 1. The molecule has 0 unspecified atom stereocenters. The lowest BCUT2D eigenvalue weighted by atomic mass is 9.89. The highest BCUT2D eigenvalue weighted by Crippen LogP contribution is 2.32. The Bertz CT molecular complexity index is 1300. The summed E-state index contributed by atoms with van der Waals surface area (Å²) in [7, 11) is 2.10. The lowest BCUT2D eigenvalue weighted by Crippen LogP contribution is -2.44. The van der Waals surface area contributed by atoms with E-state index in [0.29, 0.717) is 35.6 Å². The topological polar surface area (TPSA) is 134 Å². The summed E-state index contributed by atoms with van der Waals surface area (Å²) in [6.45, 7) is 11.0. The summed E-state index contributed by atoms with van der Waals surface area (Å²) in [5.74, 6) is 0.620. The number of hydrogen-bond donors (Lipinski definition) is 4. The standard InChI is InChI=1S/C30H43N7O3/c1-18(2)33-27-24(16-31)23(28(38)32-17-25-19(3)14-20(4)34-29(25)39)15-26(35-27)21-8-12-37(13-9-21)30(40)22-6-10-36(5)11-7-22/h14-16,18,21-22,31H,6-13,17H2,1-5H3,(H,32,38)(H,33,35)(H,34,39). The van der Waals surface area contributed by atoms with Gasteiger partial charge in [0.05, 0.1) is 5.56 Å². The molecule has 2 saturated heterocycles. The van der Waals surface area contributed by atoms with Crippen LogP contribution in [0.2, 0.25) is 0 Å². The number of nitrogens with one attached hydrogen (secondary N) is 4. The maximum atomic E-state index is 13.5. The van der Waals surface area contributed by atoms with Crippen molar-refractivity contribution in [3.63, 3.8) is 0 Å². The van der Waals surface area contributed by atoms with E-state index in [1.54, 1.807) is 6.07 Å². The molecule has 2 aliphatic rings. The maximum absolute atomic E-state index is 13.5. The van der Waals surface area contributed by atoms with Gasteiger partial charge in [0.25, 0.3) is 11.5 Å². The molecular weight excluding hydrogens is 506 g/mol. The minimum absolute atomic E-state index is 0.0557. The van der Waals surface area contributed by atoms with Gasteiger partial charge in [-0.25, -0.2) is 4.98 Å². The van der Waals surface area contributed by atoms with Crippen molar-refractivity contribution in [1.82, 2.24) is 25.1 Å². The fourth-order valence-corrected chi connectivity index (χ4v) is 5.78. The first kappa shape index (κ1) is 29.5. The zero-order chi connectivity index (χ0) is 29.0. The van der Waals surface area contributed by atoms with E-state index in [1.807, 2.05) is 38.7 Å². The van der Waals surface area contributed by atoms with Gasteiger partial charge in [-0.15, -0.1) is 0 Å². The first-order valence-corrected chi connectivity index (χ1v) is 14.3. The largest absolute Gasteiger partial charge is 0.367 e. The molecule has 0 spiro atoms. The molecule has 10 nitrogen and oxygen atoms in total. The van der Waals surface area contributed by atoms with E-state index < -0.39 is 0 Å². The van der Waals surface area contributed by atoms with E-state index in [4.69, 9.17) is 10.4 Å². The van der Waals surface area contributed by atoms with Gasteiger partial charge in [-0.3, -0.25) is 14.4 Å². The molecule has 4 heterocycles. The van der Waals surface area contributed by atoms with Crippen LogP contribution >= 0.6 is 0 Å². The second-order valence-electron chi connectivity index (χ2n) is 11.6. The molecule has 2 aromatic rings. The molecule has 0 atom stereocenters. The van der Waals surface area contributed by atoms with Crippen molar-refractivity contribution in [2.24, 2.45) is 5.92 Å². The predicted octanol–water partition coefficient (Wildman–Crippen LogP) is 3.18. The summed E-state index contributed by atoms with van der Waals surface area (Å²) in [6.07, 6.45) is 4.53. The van der Waals surface area contributed by atoms with Crippen LogP contribution in [0.25, 0.3) is 0 Å². The number of aromatic amines is 1. The molecule has 4 N–H and O–H groups in total. The minimum atomic E-state index is -0.358. The van der Waals surface area contributed by atoms with Crippen LogP contribution in [-0.4, -0.2) is 77.1 Å². The number of pyridine rings is 2. The number of likely N-dealkylation sites (tertiary alicyclic amines) is 2. The smallest absolute Gasteiger partial charge is 0.253 e. The van der Waals surface area contributed by atoms with Crippen molar-refractivity contribution in [3.8, 4) is 0 Å². The third kappa shape index (κ3) is 6.78. The lowest BCUT2D eigenvalue weighted by Gasteiger charge is -2.36. The highest BCUT2D eigenvalue weighted by molar-refractivity contribution is 6.04. The molecule has 2 fully saturated rings. The van der Waals surface area contributed by atoms with Crippen LogP contribution in [0.1, 0.15) is 83.9 Å². The summed E-state index contributed by atoms with van der Waals surface area (Å²) in [5.41, 5.74) is 3.43. The van der Waals surface area contributed by atoms with Crippen molar-refractivity contribution < 1.29 is 9.59 Å². The van der Waals surface area contributed by atoms with E-state index >= 15 is 0 Å². The molecule has 0 bridgehead atoms. The number of aryl methyl sites for hydroxylation is 2.